The minimum Gasteiger partial charge on any atom is -0.509 e. The zero-order chi connectivity index (χ0) is 54.2. The third kappa shape index (κ3) is 7.39. The molecule has 0 saturated carbocycles. The first-order chi connectivity index (χ1) is 40.5. The van der Waals surface area contributed by atoms with Crippen molar-refractivity contribution in [2.45, 2.75) is 6.92 Å². The molecule has 1 aliphatic rings. The smallest absolute Gasteiger partial charge is 0.135 e. The molecule has 5 aromatic heterocycles. The molecule has 0 N–H and O–H groups in total. The maximum Gasteiger partial charge on any atom is 0.135 e. The summed E-state index contributed by atoms with van der Waals surface area (Å²) in [6.45, 7) is 4.31. The molecular weight excluding hydrogens is 1200 g/mol. The largest absolute Gasteiger partial charge is 0.509 e. The molecule has 0 amide bonds. The van der Waals surface area contributed by atoms with E-state index in [4.69, 9.17) is 9.72 Å². The number of para-hydroxylation sites is 9. The molecule has 0 aliphatic carbocycles. The van der Waals surface area contributed by atoms with E-state index in [1.807, 2.05) is 18.2 Å². The van der Waals surface area contributed by atoms with Crippen molar-refractivity contribution in [3.05, 3.63) is 273 Å². The van der Waals surface area contributed by atoms with Crippen molar-refractivity contribution in [2.24, 2.45) is 0 Å². The van der Waals surface area contributed by atoms with Gasteiger partial charge in [-0.25, -0.2) is 4.98 Å². The van der Waals surface area contributed by atoms with Crippen molar-refractivity contribution in [1.29, 1.82) is 0 Å². The van der Waals surface area contributed by atoms with E-state index in [0.29, 0.717) is 11.5 Å². The minimum atomic E-state index is 0. The van der Waals surface area contributed by atoms with Crippen LogP contribution in [-0.2, 0) is 21.1 Å². The van der Waals surface area contributed by atoms with Crippen LogP contribution < -0.4 is 14.5 Å². The number of nitrogens with zero attached hydrogens (tertiary/aromatic N) is 7. The summed E-state index contributed by atoms with van der Waals surface area (Å²) in [4.78, 5) is 9.83. The fraction of sp³-hybridized carbons (Fsp3) is 0.0270. The molecule has 1 aliphatic heterocycles. The maximum atomic E-state index is 6.69. The summed E-state index contributed by atoms with van der Waals surface area (Å²) in [5.74, 6) is 1.95. The van der Waals surface area contributed by atoms with Gasteiger partial charge in [0.15, 0.2) is 0 Å². The van der Waals surface area contributed by atoms with Gasteiger partial charge in [0.1, 0.15) is 5.82 Å². The molecule has 0 atom stereocenters. The molecule has 0 spiro atoms. The van der Waals surface area contributed by atoms with E-state index in [1.165, 1.54) is 32.3 Å². The fourth-order valence-electron chi connectivity index (χ4n) is 13.2. The Bertz CT molecular complexity index is 5020. The van der Waals surface area contributed by atoms with Crippen LogP contribution in [0, 0.1) is 25.7 Å². The standard InChI is InChI=1S/C74H48N7O.Pt/c1-47-40-73(81-67-35-16-9-28-58(67)59-39-38-51(44-70(59)81)82-50-21-19-20-48(41-50)77-46-76(2)68-36-17-18-37-69(68)77)75-45-60(47)74-71(79-63-31-12-5-24-54(63)55-25-6-13-32-64(55)79)42-49(78-61-29-10-3-22-52(61)53-23-4-11-30-62(53)78)43-72(74)80-65-33-14-7-26-56(65)57-27-8-15-34-66(57)80;/h3-40,42-43,45-46H,1-2H3;/q-3;. The molecule has 0 fully saturated rings. The van der Waals surface area contributed by atoms with E-state index >= 15 is 0 Å². The summed E-state index contributed by atoms with van der Waals surface area (Å²) < 4.78 is 16.3. The van der Waals surface area contributed by atoms with Crippen LogP contribution in [0.3, 0.4) is 0 Å². The van der Waals surface area contributed by atoms with Crippen molar-refractivity contribution in [3.63, 3.8) is 0 Å². The molecule has 83 heavy (non-hydrogen) atoms. The Morgan fingerprint density at radius 1 is 0.398 bits per heavy atom. The van der Waals surface area contributed by atoms with Crippen molar-refractivity contribution < 1.29 is 25.8 Å². The van der Waals surface area contributed by atoms with E-state index in [0.717, 1.165) is 112 Å². The summed E-state index contributed by atoms with van der Waals surface area (Å²) in [5, 5.41) is 9.33. The molecule has 6 heterocycles. The molecule has 0 bridgehead atoms. The van der Waals surface area contributed by atoms with Gasteiger partial charge in [0, 0.05) is 99.1 Å². The molecular formula is C74H48N7OPt-3. The molecule has 16 aromatic rings. The van der Waals surface area contributed by atoms with Gasteiger partial charge in [-0.3, -0.25) is 0 Å². The third-order valence-corrected chi connectivity index (χ3v) is 16.8. The zero-order valence-electron chi connectivity index (χ0n) is 45.1. The summed E-state index contributed by atoms with van der Waals surface area (Å²) in [7, 11) is 2.06. The van der Waals surface area contributed by atoms with Crippen LogP contribution in [0.4, 0.5) is 17.1 Å². The Morgan fingerprint density at radius 3 is 1.34 bits per heavy atom. The Hall–Kier alpha value is -10.1. The Labute approximate surface area is 492 Å². The molecule has 0 saturated heterocycles. The van der Waals surface area contributed by atoms with Crippen LogP contribution in [0.5, 0.6) is 11.5 Å². The average Bonchev–Trinajstić information content (AvgIpc) is 2.62. The van der Waals surface area contributed by atoms with Gasteiger partial charge in [0.05, 0.1) is 50.2 Å². The predicted molar refractivity (Wildman–Crippen MR) is 337 cm³/mol. The number of rotatable bonds is 8. The predicted octanol–water partition coefficient (Wildman–Crippen LogP) is 18.5. The normalized spacial score (nSPS) is 12.5. The van der Waals surface area contributed by atoms with Gasteiger partial charge in [-0.15, -0.1) is 41.4 Å². The molecule has 0 unspecified atom stereocenters. The van der Waals surface area contributed by atoms with Crippen molar-refractivity contribution in [3.8, 4) is 45.5 Å². The number of pyridine rings is 1. The zero-order valence-corrected chi connectivity index (χ0v) is 47.4. The summed E-state index contributed by atoms with van der Waals surface area (Å²) in [6.07, 6.45) is 2.10. The van der Waals surface area contributed by atoms with Crippen LogP contribution in [0.15, 0.2) is 249 Å². The number of anilines is 3. The van der Waals surface area contributed by atoms with Crippen LogP contribution in [0.25, 0.3) is 121 Å². The Kier molecular flexibility index (Phi) is 11.1. The van der Waals surface area contributed by atoms with Crippen LogP contribution in [0.1, 0.15) is 5.56 Å². The Morgan fingerprint density at radius 2 is 0.831 bits per heavy atom. The van der Waals surface area contributed by atoms with Crippen molar-refractivity contribution in [1.82, 2.24) is 23.3 Å². The fourth-order valence-corrected chi connectivity index (χ4v) is 13.2. The second-order valence-electron chi connectivity index (χ2n) is 21.4. The molecule has 8 nitrogen and oxygen atoms in total. The van der Waals surface area contributed by atoms with Crippen LogP contribution in [0.2, 0.25) is 0 Å². The third-order valence-electron chi connectivity index (χ3n) is 16.8. The molecule has 398 valence electrons. The van der Waals surface area contributed by atoms with E-state index in [-0.39, 0.29) is 21.1 Å². The van der Waals surface area contributed by atoms with Crippen LogP contribution >= 0.6 is 0 Å². The van der Waals surface area contributed by atoms with E-state index < -0.39 is 0 Å². The van der Waals surface area contributed by atoms with Gasteiger partial charge < -0.3 is 32.8 Å². The summed E-state index contributed by atoms with van der Waals surface area (Å²) in [5.41, 5.74) is 18.0. The van der Waals surface area contributed by atoms with Gasteiger partial charge in [-0.1, -0.05) is 145 Å². The minimum absolute atomic E-state index is 0. The topological polar surface area (TPSA) is 48.3 Å². The van der Waals surface area contributed by atoms with Gasteiger partial charge in [0.25, 0.3) is 0 Å². The second kappa shape index (κ2) is 19.0. The summed E-state index contributed by atoms with van der Waals surface area (Å²) in [6, 6.07) is 94.2. The van der Waals surface area contributed by atoms with Crippen molar-refractivity contribution in [2.75, 3.05) is 16.8 Å². The van der Waals surface area contributed by atoms with E-state index in [1.54, 1.807) is 0 Å². The van der Waals surface area contributed by atoms with Gasteiger partial charge in [0.2, 0.25) is 0 Å². The van der Waals surface area contributed by atoms with Gasteiger partial charge in [-0.2, -0.15) is 18.8 Å². The number of hydrogen-bond acceptors (Lipinski definition) is 4. The average molecular weight is 1250 g/mol. The number of hydrogen-bond donors (Lipinski definition) is 0. The Balaban J connectivity index is 0.00000565. The molecule has 17 rings (SSSR count). The van der Waals surface area contributed by atoms with Gasteiger partial charge >= 0.3 is 0 Å². The molecule has 0 radical (unpaired) electrons. The number of aromatic nitrogens is 5. The number of benzene rings is 11. The number of ether oxygens (including phenoxy) is 1. The van der Waals surface area contributed by atoms with Crippen molar-refractivity contribution >= 4 is 104 Å². The molecule has 9 heteroatoms. The first-order valence-corrected chi connectivity index (χ1v) is 27.8. The first-order valence-electron chi connectivity index (χ1n) is 27.8. The van der Waals surface area contributed by atoms with E-state index in [2.05, 4.69) is 291 Å². The maximum absolute atomic E-state index is 6.69. The van der Waals surface area contributed by atoms with E-state index in [9.17, 15) is 0 Å². The monoisotopic (exact) mass is 1250 g/mol. The SMILES string of the molecule is Cc1cc(-n2c3[c-]c(Oc4[c-]c(N5[CH-]N(C)c6ccccc65)ccc4)ccc3c3ccccc32)ncc1-c1c(-n2c3ccccc3c3ccccc32)cc(-n2c3ccccc3c3ccccc32)cc1-n1c2ccccc2c2ccccc21.[Pt]. The second-order valence-corrected chi connectivity index (χ2v) is 21.4. The summed E-state index contributed by atoms with van der Waals surface area (Å²) >= 11 is 0. The number of fused-ring (bicyclic) bond motifs is 13. The first kappa shape index (κ1) is 48.7. The number of aryl methyl sites for hydroxylation is 1. The van der Waals surface area contributed by atoms with Gasteiger partial charge in [-0.05, 0) is 97.7 Å². The quantitative estimate of drug-likeness (QED) is 0.142. The van der Waals surface area contributed by atoms with Crippen LogP contribution in [-0.4, -0.2) is 30.3 Å². The molecule has 11 aromatic carbocycles.